The van der Waals surface area contributed by atoms with Crippen molar-refractivity contribution in [2.75, 3.05) is 5.32 Å². The number of amides is 1. The quantitative estimate of drug-likeness (QED) is 0.806. The van der Waals surface area contributed by atoms with Gasteiger partial charge in [0, 0.05) is 11.2 Å². The second kappa shape index (κ2) is 5.58. The molecular weight excluding hydrogens is 284 g/mol. The zero-order valence-electron chi connectivity index (χ0n) is 10.0. The maximum atomic E-state index is 12.0. The number of carbonyl (C=O) groups excluding carboxylic acids is 1. The molecule has 1 heterocycles. The topological polar surface area (TPSA) is 99.5 Å². The highest BCUT2D eigenvalue weighted by atomic mass is 35.5. The molecule has 3 N–H and O–H groups in total. The second-order valence-corrected chi connectivity index (χ2v) is 4.29. The molecular formula is C13H9ClN2O4. The third-order valence-corrected chi connectivity index (χ3v) is 2.69. The van der Waals surface area contributed by atoms with Crippen molar-refractivity contribution in [2.45, 2.75) is 0 Å². The summed E-state index contributed by atoms with van der Waals surface area (Å²) in [6, 6.07) is 6.54. The molecule has 0 unspecified atom stereocenters. The van der Waals surface area contributed by atoms with Crippen LogP contribution in [0.15, 0.2) is 36.5 Å². The minimum Gasteiger partial charge on any atom is -0.507 e. The minimum atomic E-state index is -1.13. The molecule has 0 aliphatic carbocycles. The highest BCUT2D eigenvalue weighted by Gasteiger charge is 2.13. The summed E-state index contributed by atoms with van der Waals surface area (Å²) in [6.45, 7) is 0. The number of carboxylic acid groups (broad SMARTS) is 1. The van der Waals surface area contributed by atoms with E-state index in [0.29, 0.717) is 5.02 Å². The summed E-state index contributed by atoms with van der Waals surface area (Å²) in [4.78, 5) is 26.6. The van der Waals surface area contributed by atoms with Crippen LogP contribution in [0.3, 0.4) is 0 Å². The van der Waals surface area contributed by atoms with Crippen LogP contribution in [0.1, 0.15) is 20.7 Å². The van der Waals surface area contributed by atoms with E-state index >= 15 is 0 Å². The number of hydrogen-bond donors (Lipinski definition) is 3. The fourth-order valence-electron chi connectivity index (χ4n) is 1.51. The van der Waals surface area contributed by atoms with Gasteiger partial charge in [-0.15, -0.1) is 0 Å². The van der Waals surface area contributed by atoms with Gasteiger partial charge in [-0.25, -0.2) is 9.78 Å². The number of pyridine rings is 1. The van der Waals surface area contributed by atoms with E-state index in [2.05, 4.69) is 10.3 Å². The Balaban J connectivity index is 2.25. The molecule has 102 valence electrons. The van der Waals surface area contributed by atoms with Crippen LogP contribution in [0.2, 0.25) is 5.02 Å². The van der Waals surface area contributed by atoms with Crippen LogP contribution in [-0.4, -0.2) is 27.1 Å². The number of hydrogen-bond acceptors (Lipinski definition) is 4. The number of benzene rings is 1. The number of carboxylic acids is 1. The van der Waals surface area contributed by atoms with Crippen LogP contribution in [0, 0.1) is 0 Å². The van der Waals surface area contributed by atoms with E-state index in [0.717, 1.165) is 0 Å². The maximum absolute atomic E-state index is 12.0. The first-order chi connectivity index (χ1) is 9.47. The summed E-state index contributed by atoms with van der Waals surface area (Å²) in [6.07, 6.45) is 1.26. The third-order valence-electron chi connectivity index (χ3n) is 2.45. The lowest BCUT2D eigenvalue weighted by atomic mass is 10.2. The Morgan fingerprint density at radius 1 is 1.20 bits per heavy atom. The van der Waals surface area contributed by atoms with Gasteiger partial charge in [-0.3, -0.25) is 4.79 Å². The number of aromatic nitrogens is 1. The van der Waals surface area contributed by atoms with E-state index in [1.54, 1.807) is 0 Å². The molecule has 0 aliphatic heterocycles. The number of anilines is 1. The lowest BCUT2D eigenvalue weighted by molar-refractivity contribution is 0.0696. The predicted octanol–water partition coefficient (Wildman–Crippen LogP) is 2.39. The first-order valence-corrected chi connectivity index (χ1v) is 5.84. The molecule has 0 fully saturated rings. The first-order valence-electron chi connectivity index (χ1n) is 5.46. The number of phenols is 1. The smallest absolute Gasteiger partial charge is 0.335 e. The Morgan fingerprint density at radius 2 is 1.95 bits per heavy atom. The normalized spacial score (nSPS) is 10.1. The minimum absolute atomic E-state index is 0.00869. The summed E-state index contributed by atoms with van der Waals surface area (Å²) >= 11 is 5.75. The molecule has 1 amide bonds. The van der Waals surface area contributed by atoms with Gasteiger partial charge in [0.05, 0.1) is 11.1 Å². The Labute approximate surface area is 118 Å². The van der Waals surface area contributed by atoms with Gasteiger partial charge in [0.2, 0.25) is 0 Å². The van der Waals surface area contributed by atoms with Gasteiger partial charge in [-0.1, -0.05) is 11.6 Å². The van der Waals surface area contributed by atoms with Crippen LogP contribution < -0.4 is 5.32 Å². The molecule has 7 heteroatoms. The number of nitrogens with one attached hydrogen (secondary N) is 1. The van der Waals surface area contributed by atoms with Crippen molar-refractivity contribution in [3.8, 4) is 5.75 Å². The van der Waals surface area contributed by atoms with Crippen molar-refractivity contribution in [1.29, 1.82) is 0 Å². The number of rotatable bonds is 3. The van der Waals surface area contributed by atoms with Crippen molar-refractivity contribution in [3.05, 3.63) is 52.7 Å². The molecule has 2 rings (SSSR count). The summed E-state index contributed by atoms with van der Waals surface area (Å²) < 4.78 is 0. The molecule has 1 aromatic heterocycles. The molecule has 0 atom stereocenters. The number of aromatic hydroxyl groups is 1. The lowest BCUT2D eigenvalue weighted by Crippen LogP contribution is -2.13. The summed E-state index contributed by atoms with van der Waals surface area (Å²) in [5.41, 5.74) is -0.0364. The van der Waals surface area contributed by atoms with E-state index in [4.69, 9.17) is 16.7 Å². The molecule has 0 bridgehead atoms. The monoisotopic (exact) mass is 292 g/mol. The highest BCUT2D eigenvalue weighted by Crippen LogP contribution is 2.22. The zero-order chi connectivity index (χ0) is 14.7. The molecule has 1 aromatic carbocycles. The summed E-state index contributed by atoms with van der Waals surface area (Å²) in [5, 5.41) is 21.1. The number of aromatic carboxylic acids is 1. The lowest BCUT2D eigenvalue weighted by Gasteiger charge is -2.07. The molecule has 0 saturated heterocycles. The molecule has 6 nitrogen and oxygen atoms in total. The standard InChI is InChI=1S/C13H9ClN2O4/c14-8-1-2-10(17)9(6-8)12(18)16-11-5-7(13(19)20)3-4-15-11/h1-6,17H,(H,19,20)(H,15,16,18). The Bertz CT molecular complexity index is 688. The van der Waals surface area contributed by atoms with Crippen molar-refractivity contribution in [1.82, 2.24) is 4.98 Å². The average molecular weight is 293 g/mol. The van der Waals surface area contributed by atoms with Crippen molar-refractivity contribution in [3.63, 3.8) is 0 Å². The Morgan fingerprint density at radius 3 is 2.65 bits per heavy atom. The predicted molar refractivity (Wildman–Crippen MR) is 72.3 cm³/mol. The molecule has 2 aromatic rings. The second-order valence-electron chi connectivity index (χ2n) is 3.85. The fourth-order valence-corrected chi connectivity index (χ4v) is 1.68. The average Bonchev–Trinajstić information content (AvgIpc) is 2.41. The molecule has 20 heavy (non-hydrogen) atoms. The summed E-state index contributed by atoms with van der Waals surface area (Å²) in [5.74, 6) is -1.94. The highest BCUT2D eigenvalue weighted by molar-refractivity contribution is 6.31. The zero-order valence-corrected chi connectivity index (χ0v) is 10.8. The van der Waals surface area contributed by atoms with Crippen molar-refractivity contribution < 1.29 is 19.8 Å². The molecule has 0 spiro atoms. The molecule has 0 saturated carbocycles. The van der Waals surface area contributed by atoms with Crippen LogP contribution in [0.4, 0.5) is 5.82 Å². The summed E-state index contributed by atoms with van der Waals surface area (Å²) in [7, 11) is 0. The number of nitrogens with zero attached hydrogens (tertiary/aromatic N) is 1. The van der Waals surface area contributed by atoms with Gasteiger partial charge >= 0.3 is 5.97 Å². The van der Waals surface area contributed by atoms with E-state index in [1.165, 1.54) is 36.5 Å². The third kappa shape index (κ3) is 3.04. The van der Waals surface area contributed by atoms with E-state index in [-0.39, 0.29) is 22.7 Å². The van der Waals surface area contributed by atoms with Gasteiger partial charge in [-0.2, -0.15) is 0 Å². The van der Waals surface area contributed by atoms with Gasteiger partial charge in [-0.05, 0) is 30.3 Å². The SMILES string of the molecule is O=C(O)c1ccnc(NC(=O)c2cc(Cl)ccc2O)c1. The van der Waals surface area contributed by atoms with Gasteiger partial charge in [0.25, 0.3) is 5.91 Å². The van der Waals surface area contributed by atoms with Gasteiger partial charge < -0.3 is 15.5 Å². The maximum Gasteiger partial charge on any atom is 0.335 e. The fraction of sp³-hybridized carbons (Fsp3) is 0. The largest absolute Gasteiger partial charge is 0.507 e. The van der Waals surface area contributed by atoms with Gasteiger partial charge in [0.15, 0.2) is 0 Å². The van der Waals surface area contributed by atoms with Crippen LogP contribution in [0.5, 0.6) is 5.75 Å². The van der Waals surface area contributed by atoms with Crippen LogP contribution in [0.25, 0.3) is 0 Å². The number of halogens is 1. The van der Waals surface area contributed by atoms with E-state index in [9.17, 15) is 14.7 Å². The van der Waals surface area contributed by atoms with E-state index < -0.39 is 11.9 Å². The molecule has 0 radical (unpaired) electrons. The Hall–Kier alpha value is -2.60. The first kappa shape index (κ1) is 13.8. The van der Waals surface area contributed by atoms with Crippen molar-refractivity contribution >= 4 is 29.3 Å². The van der Waals surface area contributed by atoms with Crippen molar-refractivity contribution in [2.24, 2.45) is 0 Å². The number of phenolic OH excluding ortho intramolecular Hbond substituents is 1. The molecule has 0 aliphatic rings. The van der Waals surface area contributed by atoms with E-state index in [1.807, 2.05) is 0 Å². The Kier molecular flexibility index (Phi) is 3.86. The van der Waals surface area contributed by atoms with Crippen LogP contribution in [-0.2, 0) is 0 Å². The number of carbonyl (C=O) groups is 2. The van der Waals surface area contributed by atoms with Crippen LogP contribution >= 0.6 is 11.6 Å². The van der Waals surface area contributed by atoms with Gasteiger partial charge in [0.1, 0.15) is 11.6 Å².